The summed E-state index contributed by atoms with van der Waals surface area (Å²) in [4.78, 5) is 56.4. The number of anilines is 1. The molecule has 4 N–H and O–H groups in total. The van der Waals surface area contributed by atoms with Gasteiger partial charge in [-0.3, -0.25) is 14.4 Å². The Hall–Kier alpha value is -8.21. The molecule has 0 saturated carbocycles. The normalized spacial score (nSPS) is 11.8. The lowest BCUT2D eigenvalue weighted by atomic mass is 10.0. The van der Waals surface area contributed by atoms with E-state index < -0.39 is 0 Å². The van der Waals surface area contributed by atoms with Crippen LogP contribution in [0.1, 0.15) is 67.0 Å². The van der Waals surface area contributed by atoms with Gasteiger partial charge in [-0.15, -0.1) is 11.3 Å². The van der Waals surface area contributed by atoms with Gasteiger partial charge in [-0.1, -0.05) is 78.9 Å². The molecular formula is C53H37N5O4S. The number of phenols is 1. The van der Waals surface area contributed by atoms with Crippen LogP contribution in [0.2, 0.25) is 0 Å². The first-order chi connectivity index (χ1) is 30.7. The topological polar surface area (TPSA) is 141 Å². The number of phenolic OH excluding ortho intramolecular Hbond substituents is 1. The number of thiophene rings is 1. The van der Waals surface area contributed by atoms with Crippen molar-refractivity contribution < 1.29 is 19.5 Å². The fourth-order valence-electron chi connectivity index (χ4n) is 8.11. The monoisotopic (exact) mass is 839 g/mol. The Morgan fingerprint density at radius 2 is 0.857 bits per heavy atom. The molecule has 10 heteroatoms. The van der Waals surface area contributed by atoms with E-state index in [0.717, 1.165) is 66.6 Å². The van der Waals surface area contributed by atoms with E-state index in [9.17, 15) is 19.5 Å². The van der Waals surface area contributed by atoms with Crippen LogP contribution in [-0.4, -0.2) is 42.5 Å². The van der Waals surface area contributed by atoms with E-state index in [1.54, 1.807) is 32.0 Å². The summed E-state index contributed by atoms with van der Waals surface area (Å²) in [5.41, 5.74) is 14.7. The Balaban J connectivity index is 1.28. The Morgan fingerprint density at radius 3 is 1.21 bits per heavy atom. The van der Waals surface area contributed by atoms with E-state index in [-0.39, 0.29) is 23.2 Å². The smallest absolute Gasteiger partial charge is 0.265 e. The number of nitrogens with one attached hydrogen (secondary N) is 3. The minimum absolute atomic E-state index is 0.0229. The zero-order valence-electron chi connectivity index (χ0n) is 34.1. The Morgan fingerprint density at radius 1 is 0.492 bits per heavy atom. The molecule has 0 atom stereocenters. The molecule has 2 aliphatic rings. The van der Waals surface area contributed by atoms with Gasteiger partial charge in [0.05, 0.1) is 27.7 Å². The Bertz CT molecular complexity index is 3300. The Labute approximate surface area is 365 Å². The summed E-state index contributed by atoms with van der Waals surface area (Å²) < 4.78 is 0. The number of carbonyl (C=O) groups excluding carboxylic acids is 3. The summed E-state index contributed by atoms with van der Waals surface area (Å²) >= 11 is 1.38. The molecule has 0 fully saturated rings. The first-order valence-corrected chi connectivity index (χ1v) is 21.2. The molecule has 1 amide bonds. The third kappa shape index (κ3) is 7.49. The number of aromatic hydroxyl groups is 1. The Kier molecular flexibility index (Phi) is 9.89. The minimum atomic E-state index is -0.171. The molecule has 0 saturated heterocycles. The molecule has 0 spiro atoms. The van der Waals surface area contributed by atoms with E-state index in [1.165, 1.54) is 11.3 Å². The molecular weight excluding hydrogens is 803 g/mol. The van der Waals surface area contributed by atoms with Gasteiger partial charge in [0.15, 0.2) is 11.6 Å². The first kappa shape index (κ1) is 39.0. The van der Waals surface area contributed by atoms with Crippen LogP contribution in [0.25, 0.3) is 90.9 Å². The summed E-state index contributed by atoms with van der Waals surface area (Å²) in [7, 11) is 0. The quantitative estimate of drug-likeness (QED) is 0.112. The van der Waals surface area contributed by atoms with Crippen LogP contribution in [0.15, 0.2) is 139 Å². The SMILES string of the molecule is CC(=O)c1ccc(-c2c3nc(c(-c4ccc(NC(=O)c5cccs5)cc4)c4ccc([nH]4)c(-c4ccc(C(C)=O)cc4)c4nc(c(-c5ccc(O)cc5)c5ccc2[nH]5)C=C4)C=C3)cc1. The highest BCUT2D eigenvalue weighted by Gasteiger charge is 2.20. The van der Waals surface area contributed by atoms with Crippen molar-refractivity contribution in [3.63, 3.8) is 0 Å². The van der Waals surface area contributed by atoms with Crippen molar-refractivity contribution in [1.29, 1.82) is 0 Å². The average molecular weight is 840 g/mol. The summed E-state index contributed by atoms with van der Waals surface area (Å²) in [6.07, 6.45) is 8.01. The molecule has 0 aliphatic carbocycles. The number of carbonyl (C=O) groups is 3. The highest BCUT2D eigenvalue weighted by Crippen LogP contribution is 2.39. The molecule has 0 unspecified atom stereocenters. The highest BCUT2D eigenvalue weighted by molar-refractivity contribution is 7.12. The molecule has 8 bridgehead atoms. The van der Waals surface area contributed by atoms with Gasteiger partial charge in [0.1, 0.15) is 5.75 Å². The number of rotatable bonds is 8. The highest BCUT2D eigenvalue weighted by atomic mass is 32.1. The first-order valence-electron chi connectivity index (χ1n) is 20.3. The number of fused-ring (bicyclic) bond motifs is 8. The molecule has 304 valence electrons. The van der Waals surface area contributed by atoms with Crippen molar-refractivity contribution >= 4 is 80.9 Å². The maximum absolute atomic E-state index is 13.0. The average Bonchev–Trinajstić information content (AvgIpc) is 4.16. The number of Topliss-reactive ketones (excluding diaryl/α,β-unsaturated/α-hetero) is 2. The third-order valence-electron chi connectivity index (χ3n) is 11.2. The van der Waals surface area contributed by atoms with Crippen LogP contribution in [0.4, 0.5) is 5.69 Å². The van der Waals surface area contributed by atoms with Crippen molar-refractivity contribution in [1.82, 2.24) is 19.9 Å². The number of aromatic nitrogens is 4. The molecule has 4 aromatic carbocycles. The van der Waals surface area contributed by atoms with Crippen LogP contribution in [-0.2, 0) is 0 Å². The molecule has 2 aliphatic heterocycles. The fourth-order valence-corrected chi connectivity index (χ4v) is 8.73. The predicted molar refractivity (Wildman–Crippen MR) is 255 cm³/mol. The number of hydrogen-bond donors (Lipinski definition) is 4. The van der Waals surface area contributed by atoms with Crippen molar-refractivity contribution in [3.05, 3.63) is 178 Å². The van der Waals surface area contributed by atoms with Crippen molar-refractivity contribution in [2.45, 2.75) is 13.8 Å². The summed E-state index contributed by atoms with van der Waals surface area (Å²) in [5.74, 6) is -0.0656. The minimum Gasteiger partial charge on any atom is -0.508 e. The van der Waals surface area contributed by atoms with Gasteiger partial charge in [0.2, 0.25) is 0 Å². The lowest BCUT2D eigenvalue weighted by molar-refractivity contribution is 0.100. The van der Waals surface area contributed by atoms with E-state index in [0.29, 0.717) is 44.5 Å². The van der Waals surface area contributed by atoms with Crippen LogP contribution < -0.4 is 5.32 Å². The number of aromatic amines is 2. The number of benzene rings is 4. The number of ketones is 2. The van der Waals surface area contributed by atoms with Crippen LogP contribution in [0, 0.1) is 0 Å². The third-order valence-corrected chi connectivity index (χ3v) is 12.1. The number of H-pyrrole nitrogens is 2. The van der Waals surface area contributed by atoms with Crippen LogP contribution >= 0.6 is 11.3 Å². The molecule has 63 heavy (non-hydrogen) atoms. The van der Waals surface area contributed by atoms with E-state index in [1.807, 2.05) is 145 Å². The summed E-state index contributed by atoms with van der Waals surface area (Å²) in [5, 5.41) is 15.2. The molecule has 8 aromatic rings. The van der Waals surface area contributed by atoms with Gasteiger partial charge in [-0.25, -0.2) is 9.97 Å². The van der Waals surface area contributed by atoms with Gasteiger partial charge in [-0.2, -0.15) is 0 Å². The maximum Gasteiger partial charge on any atom is 0.265 e. The summed E-state index contributed by atoms with van der Waals surface area (Å²) in [6.45, 7) is 3.11. The van der Waals surface area contributed by atoms with Gasteiger partial charge >= 0.3 is 0 Å². The number of hydrogen-bond acceptors (Lipinski definition) is 7. The lowest BCUT2D eigenvalue weighted by Crippen LogP contribution is -2.09. The number of nitrogens with zero attached hydrogens (tertiary/aromatic N) is 2. The zero-order chi connectivity index (χ0) is 43.2. The van der Waals surface area contributed by atoms with E-state index in [2.05, 4.69) is 15.3 Å². The predicted octanol–water partition coefficient (Wildman–Crippen LogP) is 12.7. The van der Waals surface area contributed by atoms with Crippen LogP contribution in [0.5, 0.6) is 5.75 Å². The second kappa shape index (κ2) is 16.0. The largest absolute Gasteiger partial charge is 0.508 e. The fraction of sp³-hybridized carbons (Fsp3) is 0.0377. The second-order valence-electron chi connectivity index (χ2n) is 15.3. The molecule has 9 nitrogen and oxygen atoms in total. The maximum atomic E-state index is 13.0. The lowest BCUT2D eigenvalue weighted by Gasteiger charge is -2.08. The van der Waals surface area contributed by atoms with Gasteiger partial charge < -0.3 is 20.4 Å². The molecule has 4 aromatic heterocycles. The van der Waals surface area contributed by atoms with Crippen molar-refractivity contribution in [3.8, 4) is 50.3 Å². The van der Waals surface area contributed by atoms with Gasteiger partial charge in [0.25, 0.3) is 5.91 Å². The van der Waals surface area contributed by atoms with E-state index >= 15 is 0 Å². The molecule has 0 radical (unpaired) electrons. The zero-order valence-corrected chi connectivity index (χ0v) is 34.9. The molecule has 10 rings (SSSR count). The number of amides is 1. The van der Waals surface area contributed by atoms with Crippen molar-refractivity contribution in [2.24, 2.45) is 0 Å². The molecule has 6 heterocycles. The second-order valence-corrected chi connectivity index (χ2v) is 16.3. The van der Waals surface area contributed by atoms with Crippen LogP contribution in [0.3, 0.4) is 0 Å². The van der Waals surface area contributed by atoms with Gasteiger partial charge in [0, 0.05) is 61.1 Å². The van der Waals surface area contributed by atoms with E-state index in [4.69, 9.17) is 9.97 Å². The van der Waals surface area contributed by atoms with Gasteiger partial charge in [-0.05, 0) is 120 Å². The standard InChI is InChI=1S/C53H37N5O4S/c1-30(59)32-5-9-34(10-6-32)49-40-21-25-44(55-40)51(36-13-17-38(18-14-36)54-53(62)48-4-3-29-63-48)45-26-22-41(56-45)50(35-11-7-33(8-12-35)31(2)60)43-24-28-47(58-43)52(46-27-23-42(49)57-46)37-15-19-39(61)20-16-37/h3-29,55,58,61H,1-2H3,(H,54,62). The summed E-state index contributed by atoms with van der Waals surface area (Å²) in [6, 6.07) is 41.7. The van der Waals surface area contributed by atoms with Crippen molar-refractivity contribution in [2.75, 3.05) is 5.32 Å².